The van der Waals surface area contributed by atoms with Gasteiger partial charge in [0.15, 0.2) is 0 Å². The molecule has 0 radical (unpaired) electrons. The highest BCUT2D eigenvalue weighted by molar-refractivity contribution is 9.10. The van der Waals surface area contributed by atoms with Gasteiger partial charge in [-0.15, -0.1) is 0 Å². The number of halogens is 1. The Morgan fingerprint density at radius 1 is 1.07 bits per heavy atom. The number of benzene rings is 1. The molecule has 3 rings (SSSR count). The number of carbonyl (C=O) groups is 1. The molecule has 1 amide bonds. The summed E-state index contributed by atoms with van der Waals surface area (Å²) in [6, 6.07) is 7.70. The van der Waals surface area contributed by atoms with Crippen molar-refractivity contribution in [2.45, 2.75) is 63.2 Å². The van der Waals surface area contributed by atoms with Crippen molar-refractivity contribution in [3.05, 3.63) is 34.3 Å². The first-order valence-corrected chi connectivity index (χ1v) is 12.4. The molecule has 150 valence electrons. The average Bonchev–Trinajstić information content (AvgIpc) is 2.90. The minimum atomic E-state index is -3.35. The largest absolute Gasteiger partial charge is 0.353 e. The maximum Gasteiger partial charge on any atom is 0.223 e. The van der Waals surface area contributed by atoms with E-state index in [-0.39, 0.29) is 17.6 Å². The number of piperidine rings is 1. The van der Waals surface area contributed by atoms with Crippen molar-refractivity contribution in [2.24, 2.45) is 5.92 Å². The number of hydrogen-bond donors (Lipinski definition) is 1. The molecule has 1 aliphatic heterocycles. The minimum absolute atomic E-state index is 0.00533. The van der Waals surface area contributed by atoms with E-state index in [4.69, 9.17) is 0 Å². The molecule has 1 aromatic carbocycles. The lowest BCUT2D eigenvalue weighted by atomic mass is 9.96. The Bertz CT molecular complexity index is 737. The predicted octanol–water partition coefficient (Wildman–Crippen LogP) is 3.83. The van der Waals surface area contributed by atoms with Crippen molar-refractivity contribution in [3.63, 3.8) is 0 Å². The fraction of sp³-hybridized carbons (Fsp3) is 0.650. The van der Waals surface area contributed by atoms with E-state index in [1.165, 1.54) is 25.7 Å². The number of carbonyl (C=O) groups excluding carboxylic acids is 1. The second-order valence-electron chi connectivity index (χ2n) is 7.76. The molecule has 0 spiro atoms. The number of hydrogen-bond acceptors (Lipinski definition) is 3. The van der Waals surface area contributed by atoms with E-state index in [9.17, 15) is 13.2 Å². The average molecular weight is 457 g/mol. The van der Waals surface area contributed by atoms with Gasteiger partial charge in [-0.3, -0.25) is 4.79 Å². The van der Waals surface area contributed by atoms with Gasteiger partial charge in [0.1, 0.15) is 0 Å². The van der Waals surface area contributed by atoms with Gasteiger partial charge in [0.2, 0.25) is 15.9 Å². The second-order valence-corrected chi connectivity index (χ2v) is 10.6. The molecule has 1 N–H and O–H groups in total. The lowest BCUT2D eigenvalue weighted by molar-refractivity contribution is -0.126. The summed E-state index contributed by atoms with van der Waals surface area (Å²) >= 11 is 3.38. The van der Waals surface area contributed by atoms with E-state index >= 15 is 0 Å². The Labute approximate surface area is 171 Å². The summed E-state index contributed by atoms with van der Waals surface area (Å²) in [6.07, 6.45) is 8.28. The number of nitrogens with one attached hydrogen (secondary N) is 1. The molecule has 1 saturated carbocycles. The first-order chi connectivity index (χ1) is 12.9. The Balaban J connectivity index is 1.50. The fourth-order valence-corrected chi connectivity index (χ4v) is 6.06. The van der Waals surface area contributed by atoms with Crippen molar-refractivity contribution in [1.29, 1.82) is 0 Å². The Morgan fingerprint density at radius 3 is 2.37 bits per heavy atom. The number of rotatable bonds is 5. The third-order valence-corrected chi connectivity index (χ3v) is 8.00. The number of sulfonamides is 1. The van der Waals surface area contributed by atoms with Gasteiger partial charge in [-0.05, 0) is 43.4 Å². The zero-order valence-electron chi connectivity index (χ0n) is 15.7. The van der Waals surface area contributed by atoms with Gasteiger partial charge in [-0.2, -0.15) is 0 Å². The van der Waals surface area contributed by atoms with Crippen LogP contribution >= 0.6 is 15.9 Å². The smallest absolute Gasteiger partial charge is 0.223 e. The molecular weight excluding hydrogens is 428 g/mol. The summed E-state index contributed by atoms with van der Waals surface area (Å²) < 4.78 is 27.8. The van der Waals surface area contributed by atoms with Crippen LogP contribution in [0.2, 0.25) is 0 Å². The molecule has 0 bridgehead atoms. The third-order valence-electron chi connectivity index (χ3n) is 5.66. The van der Waals surface area contributed by atoms with E-state index in [0.29, 0.717) is 32.0 Å². The normalized spacial score (nSPS) is 20.9. The highest BCUT2D eigenvalue weighted by Gasteiger charge is 2.31. The third kappa shape index (κ3) is 6.03. The summed E-state index contributed by atoms with van der Waals surface area (Å²) in [7, 11) is -3.35. The molecule has 1 heterocycles. The van der Waals surface area contributed by atoms with Crippen LogP contribution in [0.15, 0.2) is 28.7 Å². The van der Waals surface area contributed by atoms with Gasteiger partial charge in [0, 0.05) is 29.5 Å². The lowest BCUT2D eigenvalue weighted by Gasteiger charge is -2.31. The zero-order chi connectivity index (χ0) is 19.3. The van der Waals surface area contributed by atoms with Crippen LogP contribution in [0.25, 0.3) is 0 Å². The van der Waals surface area contributed by atoms with Crippen LogP contribution in [0.4, 0.5) is 0 Å². The monoisotopic (exact) mass is 456 g/mol. The van der Waals surface area contributed by atoms with Crippen LogP contribution in [0.5, 0.6) is 0 Å². The van der Waals surface area contributed by atoms with Crippen molar-refractivity contribution in [2.75, 3.05) is 13.1 Å². The van der Waals surface area contributed by atoms with Gasteiger partial charge >= 0.3 is 0 Å². The maximum atomic E-state index is 12.7. The summed E-state index contributed by atoms with van der Waals surface area (Å²) in [5.74, 6) is 0.0577. The van der Waals surface area contributed by atoms with Gasteiger partial charge in [0.25, 0.3) is 0 Å². The molecule has 2 fully saturated rings. The molecule has 27 heavy (non-hydrogen) atoms. The number of nitrogens with zero attached hydrogens (tertiary/aromatic N) is 1. The molecule has 2 aliphatic rings. The van der Waals surface area contributed by atoms with Crippen LogP contribution in [-0.2, 0) is 20.6 Å². The van der Waals surface area contributed by atoms with Gasteiger partial charge in [-0.1, -0.05) is 53.7 Å². The highest BCUT2D eigenvalue weighted by Crippen LogP contribution is 2.24. The van der Waals surface area contributed by atoms with E-state index in [1.54, 1.807) is 4.31 Å². The summed E-state index contributed by atoms with van der Waals surface area (Å²) in [5.41, 5.74) is 0.776. The molecule has 0 aromatic heterocycles. The standard InChI is InChI=1S/C20H29BrN2O3S/c21-18-7-5-6-16(14-18)15-27(25,26)23-12-10-17(11-13-23)20(24)22-19-8-3-1-2-4-9-19/h5-7,14,17,19H,1-4,8-13,15H2,(H,22,24). The van der Waals surface area contributed by atoms with Crippen molar-refractivity contribution >= 4 is 31.9 Å². The molecule has 1 aliphatic carbocycles. The second kappa shape index (κ2) is 9.52. The van der Waals surface area contributed by atoms with Gasteiger partial charge < -0.3 is 5.32 Å². The number of amides is 1. The molecule has 7 heteroatoms. The Hall–Kier alpha value is -0.920. The highest BCUT2D eigenvalue weighted by atomic mass is 79.9. The SMILES string of the molecule is O=C(NC1CCCCCC1)C1CCN(S(=O)(=O)Cc2cccc(Br)c2)CC1. The minimum Gasteiger partial charge on any atom is -0.353 e. The van der Waals surface area contributed by atoms with Crippen LogP contribution in [-0.4, -0.2) is 37.8 Å². The van der Waals surface area contributed by atoms with Crippen LogP contribution < -0.4 is 5.32 Å². The van der Waals surface area contributed by atoms with Crippen molar-refractivity contribution in [3.8, 4) is 0 Å². The summed E-state index contributed by atoms with van der Waals surface area (Å²) in [5, 5.41) is 3.22. The fourth-order valence-electron chi connectivity index (χ4n) is 4.07. The van der Waals surface area contributed by atoms with Gasteiger partial charge in [0.05, 0.1) is 5.75 Å². The van der Waals surface area contributed by atoms with Gasteiger partial charge in [-0.25, -0.2) is 12.7 Å². The van der Waals surface area contributed by atoms with E-state index in [0.717, 1.165) is 22.9 Å². The van der Waals surface area contributed by atoms with Crippen LogP contribution in [0, 0.1) is 5.92 Å². The van der Waals surface area contributed by atoms with E-state index < -0.39 is 10.0 Å². The van der Waals surface area contributed by atoms with Crippen LogP contribution in [0.3, 0.4) is 0 Å². The first-order valence-electron chi connectivity index (χ1n) is 9.97. The maximum absolute atomic E-state index is 12.7. The van der Waals surface area contributed by atoms with E-state index in [1.807, 2.05) is 24.3 Å². The molecule has 1 saturated heterocycles. The quantitative estimate of drug-likeness (QED) is 0.684. The zero-order valence-corrected chi connectivity index (χ0v) is 18.1. The Kier molecular flexibility index (Phi) is 7.34. The molecule has 0 unspecified atom stereocenters. The summed E-state index contributed by atoms with van der Waals surface area (Å²) in [6.45, 7) is 0.859. The summed E-state index contributed by atoms with van der Waals surface area (Å²) in [4.78, 5) is 12.6. The van der Waals surface area contributed by atoms with Crippen molar-refractivity contribution in [1.82, 2.24) is 9.62 Å². The lowest BCUT2D eigenvalue weighted by Crippen LogP contribution is -2.45. The van der Waals surface area contributed by atoms with Crippen LogP contribution in [0.1, 0.15) is 56.9 Å². The first kappa shape index (κ1) is 20.8. The predicted molar refractivity (Wildman–Crippen MR) is 111 cm³/mol. The topological polar surface area (TPSA) is 66.5 Å². The molecule has 5 nitrogen and oxygen atoms in total. The molecular formula is C20H29BrN2O3S. The molecule has 0 atom stereocenters. The molecule has 1 aromatic rings. The van der Waals surface area contributed by atoms with Crippen molar-refractivity contribution < 1.29 is 13.2 Å². The van der Waals surface area contributed by atoms with E-state index in [2.05, 4.69) is 21.2 Å². The Morgan fingerprint density at radius 2 is 1.74 bits per heavy atom.